The molecule has 168 valence electrons. The Kier molecular flexibility index (Phi) is 11.3. The summed E-state index contributed by atoms with van der Waals surface area (Å²) in [5, 5.41) is 16.5. The summed E-state index contributed by atoms with van der Waals surface area (Å²) in [7, 11) is 0. The fourth-order valence-corrected chi connectivity index (χ4v) is 2.37. The lowest BCUT2D eigenvalue weighted by molar-refractivity contribution is -0.142. The highest BCUT2D eigenvalue weighted by Gasteiger charge is 2.30. The van der Waals surface area contributed by atoms with E-state index in [-0.39, 0.29) is 5.92 Å². The van der Waals surface area contributed by atoms with Crippen LogP contribution in [0.3, 0.4) is 0 Å². The highest BCUT2D eigenvalue weighted by molar-refractivity contribution is 5.92. The van der Waals surface area contributed by atoms with Crippen molar-refractivity contribution in [3.63, 3.8) is 0 Å². The monoisotopic (exact) mass is 416 g/mol. The van der Waals surface area contributed by atoms with E-state index in [0.29, 0.717) is 25.8 Å². The molecule has 0 aromatic rings. The first-order valence-electron chi connectivity index (χ1n) is 9.81. The van der Waals surface area contributed by atoms with Gasteiger partial charge >= 0.3 is 12.1 Å². The Morgan fingerprint density at radius 1 is 0.966 bits per heavy atom. The number of amides is 3. The largest absolute Gasteiger partial charge is 0.480 e. The van der Waals surface area contributed by atoms with Crippen LogP contribution in [0.25, 0.3) is 0 Å². The summed E-state index contributed by atoms with van der Waals surface area (Å²) >= 11 is 0. The third-order valence-electron chi connectivity index (χ3n) is 3.93. The van der Waals surface area contributed by atoms with Gasteiger partial charge in [0.1, 0.15) is 23.7 Å². The number of nitrogens with two attached hydrogens (primary N) is 1. The molecule has 0 bridgehead atoms. The minimum atomic E-state index is -1.18. The van der Waals surface area contributed by atoms with E-state index in [4.69, 9.17) is 15.6 Å². The molecule has 10 heteroatoms. The van der Waals surface area contributed by atoms with E-state index in [1.165, 1.54) is 6.92 Å². The number of nitrogens with one attached hydrogen (secondary N) is 3. The zero-order valence-electron chi connectivity index (χ0n) is 18.2. The average Bonchev–Trinajstić information content (AvgIpc) is 2.56. The minimum Gasteiger partial charge on any atom is -0.480 e. The number of carboxylic acid groups (broad SMARTS) is 1. The van der Waals surface area contributed by atoms with E-state index in [9.17, 15) is 19.2 Å². The Morgan fingerprint density at radius 2 is 1.55 bits per heavy atom. The molecule has 0 unspecified atom stereocenters. The Bertz CT molecular complexity index is 574. The minimum absolute atomic E-state index is 0.300. The molecule has 0 aromatic heterocycles. The summed E-state index contributed by atoms with van der Waals surface area (Å²) in [6.07, 6.45) is 0.846. The molecule has 0 radical (unpaired) electrons. The number of ether oxygens (including phenoxy) is 1. The second-order valence-electron chi connectivity index (χ2n) is 8.28. The van der Waals surface area contributed by atoms with E-state index < -0.39 is 47.6 Å². The molecule has 0 rings (SSSR count). The molecule has 3 amide bonds. The third kappa shape index (κ3) is 11.3. The number of alkyl carbamates (subject to hydrolysis) is 1. The first kappa shape index (κ1) is 26.6. The summed E-state index contributed by atoms with van der Waals surface area (Å²) < 4.78 is 5.20. The maximum atomic E-state index is 12.8. The van der Waals surface area contributed by atoms with Crippen LogP contribution in [-0.4, -0.2) is 59.3 Å². The van der Waals surface area contributed by atoms with Gasteiger partial charge < -0.3 is 31.5 Å². The first-order valence-corrected chi connectivity index (χ1v) is 9.81. The van der Waals surface area contributed by atoms with E-state index in [0.717, 1.165) is 0 Å². The second kappa shape index (κ2) is 12.3. The van der Waals surface area contributed by atoms with E-state index >= 15 is 0 Å². The molecule has 0 aliphatic rings. The second-order valence-corrected chi connectivity index (χ2v) is 8.28. The van der Waals surface area contributed by atoms with E-state index in [1.54, 1.807) is 34.6 Å². The van der Waals surface area contributed by atoms with E-state index in [1.807, 2.05) is 0 Å². The maximum absolute atomic E-state index is 12.8. The lowest BCUT2D eigenvalue weighted by Gasteiger charge is -2.27. The predicted octanol–water partition coefficient (Wildman–Crippen LogP) is 0.739. The number of carbonyl (C=O) groups is 4. The fourth-order valence-electron chi connectivity index (χ4n) is 2.37. The average molecular weight is 417 g/mol. The van der Waals surface area contributed by atoms with Crippen molar-refractivity contribution in [2.24, 2.45) is 11.7 Å². The van der Waals surface area contributed by atoms with Crippen LogP contribution in [0.15, 0.2) is 0 Å². The van der Waals surface area contributed by atoms with Gasteiger partial charge in [-0.3, -0.25) is 14.4 Å². The Hall–Kier alpha value is -2.36. The van der Waals surface area contributed by atoms with Crippen molar-refractivity contribution in [3.8, 4) is 0 Å². The van der Waals surface area contributed by atoms with Crippen molar-refractivity contribution in [1.82, 2.24) is 16.0 Å². The van der Waals surface area contributed by atoms with Crippen LogP contribution in [-0.2, 0) is 19.1 Å². The van der Waals surface area contributed by atoms with Gasteiger partial charge in [0.05, 0.1) is 0 Å². The summed E-state index contributed by atoms with van der Waals surface area (Å²) in [6.45, 7) is 10.3. The molecule has 0 aliphatic carbocycles. The van der Waals surface area contributed by atoms with E-state index in [2.05, 4.69) is 16.0 Å². The van der Waals surface area contributed by atoms with Gasteiger partial charge in [-0.05, 0) is 59.4 Å². The van der Waals surface area contributed by atoms with Gasteiger partial charge in [-0.1, -0.05) is 13.8 Å². The molecule has 0 aromatic carbocycles. The first-order chi connectivity index (χ1) is 13.3. The molecule has 0 aliphatic heterocycles. The lowest BCUT2D eigenvalue weighted by Crippen LogP contribution is -2.57. The highest BCUT2D eigenvalue weighted by Crippen LogP contribution is 2.10. The number of hydrogen-bond donors (Lipinski definition) is 5. The van der Waals surface area contributed by atoms with Crippen LogP contribution < -0.4 is 21.7 Å². The molecule has 10 nitrogen and oxygen atoms in total. The van der Waals surface area contributed by atoms with Crippen LogP contribution in [0.4, 0.5) is 4.79 Å². The van der Waals surface area contributed by atoms with Gasteiger partial charge in [0.15, 0.2) is 0 Å². The van der Waals surface area contributed by atoms with Gasteiger partial charge in [0, 0.05) is 0 Å². The zero-order valence-corrected chi connectivity index (χ0v) is 18.2. The van der Waals surface area contributed by atoms with Crippen molar-refractivity contribution in [2.45, 2.75) is 84.5 Å². The molecular formula is C19H36N4O6. The molecule has 0 saturated carbocycles. The van der Waals surface area contributed by atoms with Gasteiger partial charge in [0.2, 0.25) is 11.8 Å². The predicted molar refractivity (Wildman–Crippen MR) is 108 cm³/mol. The van der Waals surface area contributed by atoms with Gasteiger partial charge in [-0.15, -0.1) is 0 Å². The molecule has 3 atom stereocenters. The third-order valence-corrected chi connectivity index (χ3v) is 3.93. The molecule has 29 heavy (non-hydrogen) atoms. The Morgan fingerprint density at radius 3 is 2.00 bits per heavy atom. The zero-order chi connectivity index (χ0) is 22.8. The molecular weight excluding hydrogens is 380 g/mol. The van der Waals surface area contributed by atoms with Crippen molar-refractivity contribution in [2.75, 3.05) is 6.54 Å². The maximum Gasteiger partial charge on any atom is 0.408 e. The number of rotatable bonds is 11. The van der Waals surface area contributed by atoms with Crippen LogP contribution in [0.5, 0.6) is 0 Å². The van der Waals surface area contributed by atoms with Gasteiger partial charge in [-0.2, -0.15) is 0 Å². The normalized spacial score (nSPS) is 14.5. The molecule has 0 saturated heterocycles. The number of unbranched alkanes of at least 4 members (excludes halogenated alkanes) is 1. The van der Waals surface area contributed by atoms with Crippen molar-refractivity contribution >= 4 is 23.9 Å². The molecule has 0 fully saturated rings. The number of aliphatic carboxylic acids is 1. The molecule has 0 spiro atoms. The van der Waals surface area contributed by atoms with Crippen LogP contribution in [0.2, 0.25) is 0 Å². The van der Waals surface area contributed by atoms with Crippen molar-refractivity contribution in [3.05, 3.63) is 0 Å². The van der Waals surface area contributed by atoms with Crippen molar-refractivity contribution in [1.29, 1.82) is 0 Å². The summed E-state index contributed by atoms with van der Waals surface area (Å²) in [6, 6.07) is -2.97. The molecule has 6 N–H and O–H groups in total. The summed E-state index contributed by atoms with van der Waals surface area (Å²) in [5.74, 6) is -2.64. The van der Waals surface area contributed by atoms with Crippen LogP contribution in [0, 0.1) is 5.92 Å². The number of carbonyl (C=O) groups excluding carboxylic acids is 3. The standard InChI is InChI=1S/C19H36N4O6/c1-11(2)14(16(25)21-12(3)17(26)27)23-15(24)13(9-7-8-10-20)22-18(28)29-19(4,5)6/h11-14H,7-10,20H2,1-6H3,(H,21,25)(H,22,28)(H,23,24)(H,26,27)/t12-,13-,14-/m0/s1. The number of carboxylic acids is 1. The topological polar surface area (TPSA) is 160 Å². The SMILES string of the molecule is CC(C)[C@H](NC(=O)[C@H](CCCCN)NC(=O)OC(C)(C)C)C(=O)N[C@@H](C)C(=O)O. The van der Waals surface area contributed by atoms with Crippen LogP contribution in [0.1, 0.15) is 60.8 Å². The smallest absolute Gasteiger partial charge is 0.408 e. The highest BCUT2D eigenvalue weighted by atomic mass is 16.6. The Labute approximate surface area is 172 Å². The quantitative estimate of drug-likeness (QED) is 0.310. The fraction of sp³-hybridized carbons (Fsp3) is 0.789. The Balaban J connectivity index is 5.22. The summed E-state index contributed by atoms with van der Waals surface area (Å²) in [5.41, 5.74) is 4.77. The van der Waals surface area contributed by atoms with Crippen LogP contribution >= 0.6 is 0 Å². The summed E-state index contributed by atoms with van der Waals surface area (Å²) in [4.78, 5) is 48.2. The molecule has 0 heterocycles. The number of hydrogen-bond acceptors (Lipinski definition) is 6. The van der Waals surface area contributed by atoms with Gasteiger partial charge in [-0.25, -0.2) is 4.79 Å². The lowest BCUT2D eigenvalue weighted by atomic mass is 10.0. The van der Waals surface area contributed by atoms with Crippen molar-refractivity contribution < 1.29 is 29.0 Å². The van der Waals surface area contributed by atoms with Gasteiger partial charge in [0.25, 0.3) is 0 Å².